The van der Waals surface area contributed by atoms with Gasteiger partial charge in [0.2, 0.25) is 0 Å². The maximum absolute atomic E-state index is 10.3. The first-order valence-electron chi connectivity index (χ1n) is 10.1. The highest BCUT2D eigenvalue weighted by molar-refractivity contribution is 6.32. The van der Waals surface area contributed by atoms with Crippen molar-refractivity contribution in [3.05, 3.63) is 58.4 Å². The maximum atomic E-state index is 10.3. The fraction of sp³-hybridized carbons (Fsp3) is 0.348. The summed E-state index contributed by atoms with van der Waals surface area (Å²) in [6.45, 7) is 11.2. The number of hydrogen-bond acceptors (Lipinski definition) is 6. The SMILES string of the molecule is [C-]#[N+]c1ccc2c(N3CCC(C)(O)CC3)nnc(NCc3ccc(OC)c(Cl)c3)c2c1. The molecule has 4 rings (SSSR count). The number of aromatic nitrogens is 2. The smallest absolute Gasteiger partial charge is 0.188 e. The van der Waals surface area contributed by atoms with Crippen molar-refractivity contribution < 1.29 is 9.84 Å². The van der Waals surface area contributed by atoms with Gasteiger partial charge in [-0.2, -0.15) is 0 Å². The summed E-state index contributed by atoms with van der Waals surface area (Å²) < 4.78 is 5.21. The molecule has 1 aliphatic rings. The Bertz CT molecular complexity index is 1150. The van der Waals surface area contributed by atoms with Crippen molar-refractivity contribution in [1.82, 2.24) is 10.2 Å². The molecule has 3 aromatic rings. The number of benzene rings is 2. The first-order valence-corrected chi connectivity index (χ1v) is 10.5. The average Bonchev–Trinajstić information content (AvgIpc) is 2.77. The summed E-state index contributed by atoms with van der Waals surface area (Å²) in [4.78, 5) is 5.72. The Labute approximate surface area is 186 Å². The number of anilines is 2. The minimum atomic E-state index is -0.641. The molecule has 2 heterocycles. The molecule has 0 spiro atoms. The van der Waals surface area contributed by atoms with E-state index >= 15 is 0 Å². The predicted octanol–water partition coefficient (Wildman–Crippen LogP) is 4.81. The van der Waals surface area contributed by atoms with Gasteiger partial charge in [-0.1, -0.05) is 29.8 Å². The van der Waals surface area contributed by atoms with Gasteiger partial charge in [-0.05, 0) is 43.5 Å². The molecule has 1 aromatic heterocycles. The maximum Gasteiger partial charge on any atom is 0.188 e. The lowest BCUT2D eigenvalue weighted by molar-refractivity contribution is 0.0350. The van der Waals surface area contributed by atoms with E-state index in [1.807, 2.05) is 37.3 Å². The molecule has 2 aromatic carbocycles. The van der Waals surface area contributed by atoms with E-state index in [-0.39, 0.29) is 0 Å². The molecular weight excluding hydrogens is 414 g/mol. The summed E-state index contributed by atoms with van der Waals surface area (Å²) in [5.41, 5.74) is 0.881. The van der Waals surface area contributed by atoms with Crippen LogP contribution in [0.25, 0.3) is 15.6 Å². The molecule has 0 unspecified atom stereocenters. The van der Waals surface area contributed by atoms with E-state index in [0.29, 0.717) is 54.8 Å². The fourth-order valence-corrected chi connectivity index (χ4v) is 4.05. The number of halogens is 1. The zero-order valence-electron chi connectivity index (χ0n) is 17.5. The molecule has 8 heteroatoms. The van der Waals surface area contributed by atoms with Crippen molar-refractivity contribution >= 4 is 39.7 Å². The summed E-state index contributed by atoms with van der Waals surface area (Å²) in [6.07, 6.45) is 1.35. The molecule has 0 aliphatic carbocycles. The summed E-state index contributed by atoms with van der Waals surface area (Å²) in [7, 11) is 1.58. The fourth-order valence-electron chi connectivity index (χ4n) is 3.77. The van der Waals surface area contributed by atoms with Crippen LogP contribution in [0, 0.1) is 6.57 Å². The standard InChI is InChI=1S/C23H24ClN5O2/c1-23(30)8-10-29(11-9-23)22-17-6-5-16(25-2)13-18(17)21(27-28-22)26-14-15-4-7-20(31-3)19(24)12-15/h4-7,12-13,30H,8-11,14H2,1,3H3,(H,26,27). The minimum Gasteiger partial charge on any atom is -0.495 e. The van der Waals surface area contributed by atoms with Crippen LogP contribution in [0.3, 0.4) is 0 Å². The Balaban J connectivity index is 1.65. The van der Waals surface area contributed by atoms with Crippen LogP contribution in [0.5, 0.6) is 5.75 Å². The summed E-state index contributed by atoms with van der Waals surface area (Å²) in [5, 5.41) is 24.9. The Morgan fingerprint density at radius 3 is 2.65 bits per heavy atom. The first kappa shape index (κ1) is 21.2. The minimum absolute atomic E-state index is 0.502. The van der Waals surface area contributed by atoms with Crippen LogP contribution in [-0.2, 0) is 6.54 Å². The number of hydrogen-bond donors (Lipinski definition) is 2. The molecule has 0 amide bonds. The molecule has 0 atom stereocenters. The van der Waals surface area contributed by atoms with Gasteiger partial charge in [0, 0.05) is 30.4 Å². The molecule has 2 N–H and O–H groups in total. The second-order valence-corrected chi connectivity index (χ2v) is 8.43. The van der Waals surface area contributed by atoms with Crippen molar-refractivity contribution in [3.63, 3.8) is 0 Å². The topological polar surface area (TPSA) is 74.9 Å². The number of ether oxygens (including phenoxy) is 1. The largest absolute Gasteiger partial charge is 0.495 e. The molecule has 0 radical (unpaired) electrons. The third-order valence-corrected chi connectivity index (χ3v) is 5.98. The van der Waals surface area contributed by atoms with Crippen LogP contribution in [0.1, 0.15) is 25.3 Å². The Morgan fingerprint density at radius 2 is 1.97 bits per heavy atom. The number of nitrogens with one attached hydrogen (secondary N) is 1. The number of rotatable bonds is 5. The lowest BCUT2D eigenvalue weighted by Gasteiger charge is -2.36. The second-order valence-electron chi connectivity index (χ2n) is 8.02. The zero-order valence-corrected chi connectivity index (χ0v) is 18.3. The van der Waals surface area contributed by atoms with E-state index in [2.05, 4.69) is 25.3 Å². The van der Waals surface area contributed by atoms with Gasteiger partial charge in [0.25, 0.3) is 0 Å². The summed E-state index contributed by atoms with van der Waals surface area (Å²) in [5.74, 6) is 2.02. The molecule has 160 valence electrons. The Kier molecular flexibility index (Phi) is 5.86. The highest BCUT2D eigenvalue weighted by Crippen LogP contribution is 2.34. The molecule has 31 heavy (non-hydrogen) atoms. The van der Waals surface area contributed by atoms with E-state index < -0.39 is 5.60 Å². The number of piperidine rings is 1. The van der Waals surface area contributed by atoms with E-state index in [1.54, 1.807) is 13.2 Å². The highest BCUT2D eigenvalue weighted by atomic mass is 35.5. The lowest BCUT2D eigenvalue weighted by Crippen LogP contribution is -2.43. The van der Waals surface area contributed by atoms with Gasteiger partial charge < -0.3 is 20.1 Å². The quantitative estimate of drug-likeness (QED) is 0.558. The number of fused-ring (bicyclic) bond motifs is 1. The van der Waals surface area contributed by atoms with Gasteiger partial charge in [-0.15, -0.1) is 10.2 Å². The average molecular weight is 438 g/mol. The molecular formula is C23H24ClN5O2. The molecule has 7 nitrogen and oxygen atoms in total. The first-order chi connectivity index (χ1) is 14.9. The van der Waals surface area contributed by atoms with Crippen LogP contribution in [0.2, 0.25) is 5.02 Å². The van der Waals surface area contributed by atoms with Gasteiger partial charge in [0.15, 0.2) is 17.3 Å². The summed E-state index contributed by atoms with van der Waals surface area (Å²) >= 11 is 6.24. The third-order valence-electron chi connectivity index (χ3n) is 5.69. The molecule has 1 fully saturated rings. The van der Waals surface area contributed by atoms with Crippen molar-refractivity contribution in [2.75, 3.05) is 30.4 Å². The van der Waals surface area contributed by atoms with E-state index in [9.17, 15) is 5.11 Å². The van der Waals surface area contributed by atoms with Crippen molar-refractivity contribution in [1.29, 1.82) is 0 Å². The summed E-state index contributed by atoms with van der Waals surface area (Å²) in [6, 6.07) is 11.2. The van der Waals surface area contributed by atoms with Gasteiger partial charge in [-0.3, -0.25) is 0 Å². The second kappa shape index (κ2) is 8.58. The van der Waals surface area contributed by atoms with Gasteiger partial charge in [0.1, 0.15) is 5.75 Å². The van der Waals surface area contributed by atoms with Gasteiger partial charge >= 0.3 is 0 Å². The van der Waals surface area contributed by atoms with Crippen LogP contribution in [0.4, 0.5) is 17.3 Å². The molecule has 0 bridgehead atoms. The van der Waals surface area contributed by atoms with Crippen LogP contribution >= 0.6 is 11.6 Å². The Morgan fingerprint density at radius 1 is 1.19 bits per heavy atom. The lowest BCUT2D eigenvalue weighted by atomic mass is 9.93. The highest BCUT2D eigenvalue weighted by Gasteiger charge is 2.29. The van der Waals surface area contributed by atoms with Gasteiger partial charge in [0.05, 0.1) is 24.3 Å². The van der Waals surface area contributed by atoms with Gasteiger partial charge in [-0.25, -0.2) is 4.85 Å². The van der Waals surface area contributed by atoms with Crippen molar-refractivity contribution in [2.24, 2.45) is 0 Å². The van der Waals surface area contributed by atoms with Crippen molar-refractivity contribution in [2.45, 2.75) is 31.9 Å². The van der Waals surface area contributed by atoms with E-state index in [0.717, 1.165) is 22.2 Å². The predicted molar refractivity (Wildman–Crippen MR) is 123 cm³/mol. The van der Waals surface area contributed by atoms with Crippen LogP contribution in [-0.4, -0.2) is 41.1 Å². The number of methoxy groups -OCH3 is 1. The van der Waals surface area contributed by atoms with E-state index in [4.69, 9.17) is 22.9 Å². The monoisotopic (exact) mass is 437 g/mol. The zero-order chi connectivity index (χ0) is 22.0. The van der Waals surface area contributed by atoms with Crippen LogP contribution < -0.4 is 15.0 Å². The third kappa shape index (κ3) is 4.50. The van der Waals surface area contributed by atoms with Crippen molar-refractivity contribution in [3.8, 4) is 5.75 Å². The van der Waals surface area contributed by atoms with Crippen LogP contribution in [0.15, 0.2) is 36.4 Å². The molecule has 0 saturated carbocycles. The normalized spacial score (nSPS) is 15.5. The number of aliphatic hydroxyl groups is 1. The Hall–Kier alpha value is -3.08. The molecule has 1 saturated heterocycles. The molecule has 1 aliphatic heterocycles. The number of nitrogens with zero attached hydrogens (tertiary/aromatic N) is 4. The van der Waals surface area contributed by atoms with E-state index in [1.165, 1.54) is 0 Å².